The van der Waals surface area contributed by atoms with Crippen LogP contribution in [0.1, 0.15) is 25.7 Å². The van der Waals surface area contributed by atoms with Crippen LogP contribution in [0.25, 0.3) is 0 Å². The Kier molecular flexibility index (Phi) is 5.08. The van der Waals surface area contributed by atoms with E-state index in [1.165, 1.54) is 18.9 Å². The molecular formula is C13H20N4O2S. The van der Waals surface area contributed by atoms with Gasteiger partial charge in [0.05, 0.1) is 10.6 Å². The lowest BCUT2D eigenvalue weighted by Gasteiger charge is -2.28. The molecule has 0 heterocycles. The Hall–Kier alpha value is -1.47. The number of non-ortho nitro benzene ring substituents is 1. The van der Waals surface area contributed by atoms with Crippen LogP contribution in [0.4, 0.5) is 17.1 Å². The molecule has 0 unspecified atom stereocenters. The van der Waals surface area contributed by atoms with Gasteiger partial charge in [0, 0.05) is 29.1 Å². The molecule has 6 nitrogen and oxygen atoms in total. The Morgan fingerprint density at radius 3 is 2.45 bits per heavy atom. The molecular weight excluding hydrogens is 276 g/mol. The summed E-state index contributed by atoms with van der Waals surface area (Å²) >= 11 is 1.92. The first-order valence-electron chi connectivity index (χ1n) is 6.68. The lowest BCUT2D eigenvalue weighted by molar-refractivity contribution is -0.384. The standard InChI is InChI=1S/C13H20N4O2S/c1-20-13-4-2-9(3-5-13)15-10-6-11(16-14)8-12(7-10)17(18)19/h6-9,13,15-16H,2-5,14H2,1H3. The highest BCUT2D eigenvalue weighted by atomic mass is 32.2. The number of nitro benzene ring substituents is 1. The Bertz CT molecular complexity index is 475. The summed E-state index contributed by atoms with van der Waals surface area (Å²) in [4.78, 5) is 10.5. The van der Waals surface area contributed by atoms with E-state index in [4.69, 9.17) is 5.84 Å². The number of nitrogens with zero attached hydrogens (tertiary/aromatic N) is 1. The van der Waals surface area contributed by atoms with Crippen LogP contribution in [0.2, 0.25) is 0 Å². The summed E-state index contributed by atoms with van der Waals surface area (Å²) in [6.45, 7) is 0. The molecule has 110 valence electrons. The molecule has 0 aliphatic heterocycles. The van der Waals surface area contributed by atoms with E-state index in [1.807, 2.05) is 11.8 Å². The summed E-state index contributed by atoms with van der Waals surface area (Å²) in [7, 11) is 0. The topological polar surface area (TPSA) is 93.2 Å². The van der Waals surface area contributed by atoms with Gasteiger partial charge in [-0.2, -0.15) is 11.8 Å². The van der Waals surface area contributed by atoms with Gasteiger partial charge in [0.25, 0.3) is 5.69 Å². The number of anilines is 2. The summed E-state index contributed by atoms with van der Waals surface area (Å²) in [5, 5.41) is 15.0. The van der Waals surface area contributed by atoms with Gasteiger partial charge in [-0.05, 0) is 38.0 Å². The third-order valence-electron chi connectivity index (χ3n) is 3.67. The number of nitrogen functional groups attached to an aromatic ring is 1. The third-order valence-corrected chi connectivity index (χ3v) is 4.81. The first kappa shape index (κ1) is 14.9. The predicted molar refractivity (Wildman–Crippen MR) is 84.1 cm³/mol. The van der Waals surface area contributed by atoms with E-state index in [0.717, 1.165) is 23.8 Å². The number of hydrogen-bond acceptors (Lipinski definition) is 6. The number of hydrazine groups is 1. The van der Waals surface area contributed by atoms with Crippen LogP contribution in [0.15, 0.2) is 18.2 Å². The van der Waals surface area contributed by atoms with Crippen LogP contribution in [0.5, 0.6) is 0 Å². The van der Waals surface area contributed by atoms with E-state index in [0.29, 0.717) is 11.7 Å². The average Bonchev–Trinajstić information content (AvgIpc) is 2.47. The molecule has 0 saturated heterocycles. The number of nitrogens with one attached hydrogen (secondary N) is 2. The summed E-state index contributed by atoms with van der Waals surface area (Å²) < 4.78 is 0. The highest BCUT2D eigenvalue weighted by Gasteiger charge is 2.21. The van der Waals surface area contributed by atoms with Crippen molar-refractivity contribution in [1.82, 2.24) is 0 Å². The maximum atomic E-state index is 10.9. The van der Waals surface area contributed by atoms with Gasteiger partial charge in [-0.15, -0.1) is 0 Å². The SMILES string of the molecule is CSC1CCC(Nc2cc(NN)cc([N+](=O)[O-])c2)CC1. The second kappa shape index (κ2) is 6.81. The van der Waals surface area contributed by atoms with Crippen LogP contribution in [-0.2, 0) is 0 Å². The summed E-state index contributed by atoms with van der Waals surface area (Å²) in [6, 6.07) is 5.16. The smallest absolute Gasteiger partial charge is 0.273 e. The molecule has 20 heavy (non-hydrogen) atoms. The molecule has 0 amide bonds. The molecule has 1 saturated carbocycles. The maximum Gasteiger partial charge on any atom is 0.273 e. The fourth-order valence-corrected chi connectivity index (χ4v) is 3.31. The summed E-state index contributed by atoms with van der Waals surface area (Å²) in [5.41, 5.74) is 3.80. The fourth-order valence-electron chi connectivity index (χ4n) is 2.56. The lowest BCUT2D eigenvalue weighted by atomic mass is 9.94. The second-order valence-electron chi connectivity index (χ2n) is 5.02. The van der Waals surface area contributed by atoms with Gasteiger partial charge < -0.3 is 10.7 Å². The van der Waals surface area contributed by atoms with Crippen molar-refractivity contribution in [3.8, 4) is 0 Å². The minimum atomic E-state index is -0.406. The quantitative estimate of drug-likeness (QED) is 0.439. The van der Waals surface area contributed by atoms with Gasteiger partial charge in [-0.1, -0.05) is 0 Å². The Morgan fingerprint density at radius 1 is 1.25 bits per heavy atom. The van der Waals surface area contributed by atoms with Crippen LogP contribution >= 0.6 is 11.8 Å². The number of thioether (sulfide) groups is 1. The van der Waals surface area contributed by atoms with Crippen molar-refractivity contribution in [2.45, 2.75) is 37.0 Å². The normalized spacial score (nSPS) is 22.3. The molecule has 1 aliphatic carbocycles. The molecule has 7 heteroatoms. The lowest BCUT2D eigenvalue weighted by Crippen LogP contribution is -2.27. The van der Waals surface area contributed by atoms with Gasteiger partial charge in [-0.25, -0.2) is 0 Å². The number of hydrogen-bond donors (Lipinski definition) is 3. The van der Waals surface area contributed by atoms with E-state index in [-0.39, 0.29) is 5.69 Å². The fraction of sp³-hybridized carbons (Fsp3) is 0.538. The Labute approximate surface area is 122 Å². The van der Waals surface area contributed by atoms with E-state index >= 15 is 0 Å². The molecule has 2 rings (SSSR count). The number of nitro groups is 1. The molecule has 1 aromatic carbocycles. The average molecular weight is 296 g/mol. The van der Waals surface area contributed by atoms with Crippen LogP contribution in [0, 0.1) is 10.1 Å². The van der Waals surface area contributed by atoms with E-state index in [9.17, 15) is 10.1 Å². The van der Waals surface area contributed by atoms with Crippen LogP contribution in [-0.4, -0.2) is 22.5 Å². The maximum absolute atomic E-state index is 10.9. The van der Waals surface area contributed by atoms with Crippen molar-refractivity contribution < 1.29 is 4.92 Å². The number of benzene rings is 1. The molecule has 0 radical (unpaired) electrons. The minimum Gasteiger partial charge on any atom is -0.382 e. The van der Waals surface area contributed by atoms with E-state index in [2.05, 4.69) is 17.0 Å². The van der Waals surface area contributed by atoms with E-state index in [1.54, 1.807) is 12.1 Å². The second-order valence-corrected chi connectivity index (χ2v) is 6.16. The van der Waals surface area contributed by atoms with E-state index < -0.39 is 4.92 Å². The van der Waals surface area contributed by atoms with Crippen molar-refractivity contribution in [1.29, 1.82) is 0 Å². The van der Waals surface area contributed by atoms with Crippen molar-refractivity contribution in [3.05, 3.63) is 28.3 Å². The number of rotatable bonds is 5. The molecule has 0 bridgehead atoms. The first-order valence-corrected chi connectivity index (χ1v) is 7.96. The summed E-state index contributed by atoms with van der Waals surface area (Å²) in [6.07, 6.45) is 6.73. The zero-order valence-corrected chi connectivity index (χ0v) is 12.3. The van der Waals surface area contributed by atoms with Gasteiger partial charge in [0.1, 0.15) is 0 Å². The number of nitrogens with two attached hydrogens (primary N) is 1. The van der Waals surface area contributed by atoms with Crippen molar-refractivity contribution >= 4 is 28.8 Å². The highest BCUT2D eigenvalue weighted by molar-refractivity contribution is 7.99. The third kappa shape index (κ3) is 3.77. The van der Waals surface area contributed by atoms with Crippen molar-refractivity contribution in [2.75, 3.05) is 17.0 Å². The molecule has 0 spiro atoms. The van der Waals surface area contributed by atoms with Gasteiger partial charge >= 0.3 is 0 Å². The van der Waals surface area contributed by atoms with Gasteiger partial charge in [-0.3, -0.25) is 16.0 Å². The van der Waals surface area contributed by atoms with Crippen LogP contribution in [0.3, 0.4) is 0 Å². The zero-order valence-electron chi connectivity index (χ0n) is 11.5. The Morgan fingerprint density at radius 2 is 1.90 bits per heavy atom. The van der Waals surface area contributed by atoms with Gasteiger partial charge in [0.2, 0.25) is 0 Å². The van der Waals surface area contributed by atoms with Gasteiger partial charge in [0.15, 0.2) is 0 Å². The predicted octanol–water partition coefficient (Wildman–Crippen LogP) is 2.97. The molecule has 1 fully saturated rings. The van der Waals surface area contributed by atoms with Crippen molar-refractivity contribution in [3.63, 3.8) is 0 Å². The largest absolute Gasteiger partial charge is 0.382 e. The molecule has 1 aliphatic rings. The molecule has 0 aromatic heterocycles. The minimum absolute atomic E-state index is 0.0424. The van der Waals surface area contributed by atoms with Crippen molar-refractivity contribution in [2.24, 2.45) is 5.84 Å². The molecule has 4 N–H and O–H groups in total. The Balaban J connectivity index is 2.05. The monoisotopic (exact) mass is 296 g/mol. The van der Waals surface area contributed by atoms with Crippen LogP contribution < -0.4 is 16.6 Å². The zero-order chi connectivity index (χ0) is 14.5. The molecule has 0 atom stereocenters. The highest BCUT2D eigenvalue weighted by Crippen LogP contribution is 2.30. The summed E-state index contributed by atoms with van der Waals surface area (Å²) in [5.74, 6) is 5.35. The first-order chi connectivity index (χ1) is 9.62. The molecule has 1 aromatic rings.